The molecule has 1 fully saturated rings. The summed E-state index contributed by atoms with van der Waals surface area (Å²) < 4.78 is 0. The maximum Gasteiger partial charge on any atom is 0.253 e. The highest BCUT2D eigenvalue weighted by Gasteiger charge is 2.23. The summed E-state index contributed by atoms with van der Waals surface area (Å²) in [5.41, 5.74) is 1.15. The molecule has 0 spiro atoms. The molecular weight excluding hydrogens is 252 g/mol. The van der Waals surface area contributed by atoms with Crippen LogP contribution in [0, 0.1) is 17.8 Å². The first-order chi connectivity index (χ1) is 9.70. The van der Waals surface area contributed by atoms with Gasteiger partial charge in [0.15, 0.2) is 0 Å². The van der Waals surface area contributed by atoms with Crippen LogP contribution in [-0.4, -0.2) is 28.6 Å². The number of hydrogen-bond acceptors (Lipinski definition) is 3. The lowest BCUT2D eigenvalue weighted by molar-refractivity contribution is 0.0927. The molecule has 0 aromatic carbocycles. The van der Waals surface area contributed by atoms with E-state index in [1.165, 1.54) is 25.7 Å². The number of pyridine rings is 1. The largest absolute Gasteiger partial charge is 0.384 e. The lowest BCUT2D eigenvalue weighted by Gasteiger charge is -2.20. The number of carbonyl (C=O) groups is 1. The Morgan fingerprint density at radius 3 is 2.95 bits per heavy atom. The number of amides is 1. The summed E-state index contributed by atoms with van der Waals surface area (Å²) in [5.74, 6) is 5.79. The molecule has 20 heavy (non-hydrogen) atoms. The van der Waals surface area contributed by atoms with Crippen molar-refractivity contribution in [2.45, 2.75) is 38.6 Å². The number of rotatable bonds is 3. The average molecular weight is 272 g/mol. The van der Waals surface area contributed by atoms with Crippen LogP contribution < -0.4 is 5.32 Å². The van der Waals surface area contributed by atoms with E-state index in [2.05, 4.69) is 29.1 Å². The van der Waals surface area contributed by atoms with Crippen molar-refractivity contribution in [3.63, 3.8) is 0 Å². The first-order valence-corrected chi connectivity index (χ1v) is 7.06. The van der Waals surface area contributed by atoms with Crippen LogP contribution in [0.25, 0.3) is 0 Å². The van der Waals surface area contributed by atoms with E-state index in [0.29, 0.717) is 17.0 Å². The molecule has 1 heterocycles. The Bertz CT molecular complexity index is 525. The van der Waals surface area contributed by atoms with Crippen LogP contribution in [0.2, 0.25) is 0 Å². The highest BCUT2D eigenvalue weighted by Crippen LogP contribution is 2.27. The van der Waals surface area contributed by atoms with Gasteiger partial charge in [0.05, 0.1) is 5.56 Å². The van der Waals surface area contributed by atoms with Crippen LogP contribution in [0.5, 0.6) is 0 Å². The molecule has 2 N–H and O–H groups in total. The van der Waals surface area contributed by atoms with Crippen LogP contribution in [0.15, 0.2) is 18.5 Å². The fourth-order valence-electron chi connectivity index (χ4n) is 2.64. The molecule has 1 amide bonds. The van der Waals surface area contributed by atoms with Crippen molar-refractivity contribution in [1.29, 1.82) is 0 Å². The van der Waals surface area contributed by atoms with Crippen LogP contribution in [0.4, 0.5) is 0 Å². The lowest BCUT2D eigenvalue weighted by atomic mass is 9.99. The van der Waals surface area contributed by atoms with Gasteiger partial charge in [0, 0.05) is 24.0 Å². The molecule has 4 heteroatoms. The smallest absolute Gasteiger partial charge is 0.253 e. The summed E-state index contributed by atoms with van der Waals surface area (Å²) in [5, 5.41) is 11.7. The van der Waals surface area contributed by atoms with Gasteiger partial charge in [-0.2, -0.15) is 0 Å². The van der Waals surface area contributed by atoms with Crippen LogP contribution >= 0.6 is 0 Å². The second-order valence-electron chi connectivity index (χ2n) is 5.23. The second kappa shape index (κ2) is 7.06. The van der Waals surface area contributed by atoms with Crippen molar-refractivity contribution in [1.82, 2.24) is 10.3 Å². The molecule has 1 saturated carbocycles. The molecule has 1 aliphatic carbocycles. The number of aliphatic hydroxyl groups is 1. The summed E-state index contributed by atoms with van der Waals surface area (Å²) >= 11 is 0. The minimum atomic E-state index is -0.199. The molecule has 1 aliphatic rings. The topological polar surface area (TPSA) is 62.2 Å². The SMILES string of the molecule is CC(NC(=O)c1cncc(C#CCO)c1)C1CCCC1. The molecular formula is C16H20N2O2. The standard InChI is InChI=1S/C16H20N2O2/c1-12(14-6-2-3-7-14)18-16(20)15-9-13(5-4-8-19)10-17-11-15/h9-12,14,19H,2-3,6-8H2,1H3,(H,18,20). The number of nitrogens with zero attached hydrogens (tertiary/aromatic N) is 1. The van der Waals surface area contributed by atoms with E-state index in [4.69, 9.17) is 5.11 Å². The van der Waals surface area contributed by atoms with Gasteiger partial charge < -0.3 is 10.4 Å². The number of aliphatic hydroxyl groups excluding tert-OH is 1. The lowest BCUT2D eigenvalue weighted by Crippen LogP contribution is -2.37. The molecule has 0 saturated heterocycles. The predicted molar refractivity (Wildman–Crippen MR) is 77.1 cm³/mol. The Kier molecular flexibility index (Phi) is 5.14. The van der Waals surface area contributed by atoms with E-state index in [-0.39, 0.29) is 18.6 Å². The van der Waals surface area contributed by atoms with Crippen molar-refractivity contribution in [3.05, 3.63) is 29.6 Å². The third kappa shape index (κ3) is 3.82. The van der Waals surface area contributed by atoms with Gasteiger partial charge in [0.1, 0.15) is 6.61 Å². The molecule has 1 unspecified atom stereocenters. The number of aromatic nitrogens is 1. The van der Waals surface area contributed by atoms with Gasteiger partial charge in [-0.15, -0.1) is 0 Å². The molecule has 2 rings (SSSR count). The van der Waals surface area contributed by atoms with Gasteiger partial charge in [-0.3, -0.25) is 9.78 Å². The monoisotopic (exact) mass is 272 g/mol. The Morgan fingerprint density at radius 2 is 2.25 bits per heavy atom. The van der Waals surface area contributed by atoms with E-state index >= 15 is 0 Å². The fraction of sp³-hybridized carbons (Fsp3) is 0.500. The molecule has 1 aromatic heterocycles. The van der Waals surface area contributed by atoms with Crippen LogP contribution in [-0.2, 0) is 0 Å². The molecule has 0 aliphatic heterocycles. The van der Waals surface area contributed by atoms with Gasteiger partial charge in [-0.25, -0.2) is 0 Å². The first kappa shape index (κ1) is 14.5. The fourth-order valence-corrected chi connectivity index (χ4v) is 2.64. The van der Waals surface area contributed by atoms with Gasteiger partial charge >= 0.3 is 0 Å². The van der Waals surface area contributed by atoms with Crippen LogP contribution in [0.3, 0.4) is 0 Å². The summed E-state index contributed by atoms with van der Waals surface area (Å²) in [6.45, 7) is 1.87. The molecule has 4 nitrogen and oxygen atoms in total. The van der Waals surface area contributed by atoms with Crippen molar-refractivity contribution in [2.24, 2.45) is 5.92 Å². The van der Waals surface area contributed by atoms with Gasteiger partial charge in [-0.05, 0) is 31.7 Å². The van der Waals surface area contributed by atoms with Gasteiger partial charge in [0.25, 0.3) is 5.91 Å². The summed E-state index contributed by atoms with van der Waals surface area (Å²) in [6.07, 6.45) is 8.04. The molecule has 0 radical (unpaired) electrons. The van der Waals surface area contributed by atoms with Crippen molar-refractivity contribution >= 4 is 5.91 Å². The summed E-state index contributed by atoms with van der Waals surface area (Å²) in [4.78, 5) is 16.2. The Labute approximate surface area is 119 Å². The van der Waals surface area contributed by atoms with E-state index in [0.717, 1.165) is 0 Å². The highest BCUT2D eigenvalue weighted by atomic mass is 16.2. The first-order valence-electron chi connectivity index (χ1n) is 7.06. The van der Waals surface area contributed by atoms with E-state index in [1.807, 2.05) is 0 Å². The molecule has 1 atom stereocenters. The Hall–Kier alpha value is -1.86. The van der Waals surface area contributed by atoms with Crippen molar-refractivity contribution in [2.75, 3.05) is 6.61 Å². The normalized spacial score (nSPS) is 16.3. The van der Waals surface area contributed by atoms with Crippen molar-refractivity contribution in [3.8, 4) is 11.8 Å². The molecule has 1 aromatic rings. The highest BCUT2D eigenvalue weighted by molar-refractivity contribution is 5.94. The van der Waals surface area contributed by atoms with Gasteiger partial charge in [0.2, 0.25) is 0 Å². The maximum atomic E-state index is 12.2. The third-order valence-corrected chi connectivity index (χ3v) is 3.78. The third-order valence-electron chi connectivity index (χ3n) is 3.78. The average Bonchev–Trinajstić information content (AvgIpc) is 2.99. The Balaban J connectivity index is 2.01. The van der Waals surface area contributed by atoms with E-state index < -0.39 is 0 Å². The van der Waals surface area contributed by atoms with Crippen LogP contribution in [0.1, 0.15) is 48.5 Å². The van der Waals surface area contributed by atoms with Crippen molar-refractivity contribution < 1.29 is 9.90 Å². The number of carbonyl (C=O) groups excluding carboxylic acids is 1. The zero-order valence-corrected chi connectivity index (χ0v) is 11.7. The minimum Gasteiger partial charge on any atom is -0.384 e. The number of nitrogens with one attached hydrogen (secondary N) is 1. The zero-order valence-electron chi connectivity index (χ0n) is 11.7. The van der Waals surface area contributed by atoms with E-state index in [9.17, 15) is 4.79 Å². The van der Waals surface area contributed by atoms with Gasteiger partial charge in [-0.1, -0.05) is 24.7 Å². The number of hydrogen-bond donors (Lipinski definition) is 2. The predicted octanol–water partition coefficient (Wildman–Crippen LogP) is 1.73. The minimum absolute atomic E-state index is 0.107. The summed E-state index contributed by atoms with van der Waals surface area (Å²) in [7, 11) is 0. The molecule has 106 valence electrons. The maximum absolute atomic E-state index is 12.2. The zero-order chi connectivity index (χ0) is 14.4. The molecule has 0 bridgehead atoms. The Morgan fingerprint density at radius 1 is 1.50 bits per heavy atom. The second-order valence-corrected chi connectivity index (χ2v) is 5.23. The van der Waals surface area contributed by atoms with E-state index in [1.54, 1.807) is 18.5 Å². The summed E-state index contributed by atoms with van der Waals surface area (Å²) in [6, 6.07) is 1.89. The quantitative estimate of drug-likeness (QED) is 0.824.